The minimum absolute atomic E-state index is 0.0298. The highest BCUT2D eigenvalue weighted by atomic mass is 16.9. The highest BCUT2D eigenvalue weighted by Crippen LogP contribution is 2.34. The Kier molecular flexibility index (Phi) is 15.7. The number of para-hydroxylation sites is 1. The first-order chi connectivity index (χ1) is 25.0. The first-order valence-corrected chi connectivity index (χ1v) is 18.3. The molecule has 2 aliphatic heterocycles. The van der Waals surface area contributed by atoms with Gasteiger partial charge in [0.05, 0.1) is 44.3 Å². The van der Waals surface area contributed by atoms with Crippen molar-refractivity contribution in [3.63, 3.8) is 0 Å². The minimum Gasteiger partial charge on any atom is -0.490 e. The molecule has 14 nitrogen and oxygen atoms in total. The van der Waals surface area contributed by atoms with E-state index in [1.165, 1.54) is 0 Å². The molecule has 0 radical (unpaired) electrons. The molecule has 51 heavy (non-hydrogen) atoms. The van der Waals surface area contributed by atoms with Crippen LogP contribution in [0.2, 0.25) is 0 Å². The summed E-state index contributed by atoms with van der Waals surface area (Å²) in [6, 6.07) is 16.0. The molecule has 0 bridgehead atoms. The molecule has 3 aliphatic rings. The number of nitrogens with zero attached hydrogens (tertiary/aromatic N) is 2. The van der Waals surface area contributed by atoms with Gasteiger partial charge in [-0.1, -0.05) is 30.7 Å². The van der Waals surface area contributed by atoms with E-state index in [1.807, 2.05) is 42.5 Å². The van der Waals surface area contributed by atoms with Crippen molar-refractivity contribution in [1.82, 2.24) is 5.32 Å². The summed E-state index contributed by atoms with van der Waals surface area (Å²) in [5, 5.41) is 12.8. The quantitative estimate of drug-likeness (QED) is 0.0799. The van der Waals surface area contributed by atoms with Crippen LogP contribution in [-0.4, -0.2) is 101 Å². The van der Waals surface area contributed by atoms with Gasteiger partial charge in [-0.15, -0.1) is 10.1 Å². The van der Waals surface area contributed by atoms with Crippen LogP contribution in [0.4, 0.5) is 10.5 Å². The summed E-state index contributed by atoms with van der Waals surface area (Å²) in [5.74, 6) is 1.74. The molecule has 0 amide bonds. The number of rotatable bonds is 20. The van der Waals surface area contributed by atoms with Crippen LogP contribution in [0.3, 0.4) is 0 Å². The maximum absolute atomic E-state index is 12.8. The van der Waals surface area contributed by atoms with Gasteiger partial charge in [0.25, 0.3) is 5.09 Å². The molecule has 14 heteroatoms. The topological polar surface area (TPSA) is 149 Å². The molecule has 1 saturated heterocycles. The fourth-order valence-corrected chi connectivity index (χ4v) is 6.73. The van der Waals surface area contributed by atoms with Crippen molar-refractivity contribution in [3.8, 4) is 11.5 Å². The number of benzene rings is 2. The molecule has 2 aromatic rings. The van der Waals surface area contributed by atoms with Gasteiger partial charge in [-0.3, -0.25) is 0 Å². The fraction of sp³-hybridized carbons (Fsp3) is 0.649. The summed E-state index contributed by atoms with van der Waals surface area (Å²) in [6.45, 7) is 4.61. The third-order valence-electron chi connectivity index (χ3n) is 9.37. The van der Waals surface area contributed by atoms with Crippen molar-refractivity contribution in [2.75, 3.05) is 64.6 Å². The second-order valence-corrected chi connectivity index (χ2v) is 13.1. The molecule has 5 rings (SSSR count). The molecule has 282 valence electrons. The van der Waals surface area contributed by atoms with Crippen LogP contribution < -0.4 is 19.7 Å². The molecule has 3 atom stereocenters. The number of carbonyl (C=O) groups excluding carboxylic acids is 1. The minimum atomic E-state index is -0.792. The van der Waals surface area contributed by atoms with E-state index in [0.717, 1.165) is 80.8 Å². The predicted octanol–water partition coefficient (Wildman–Crippen LogP) is 5.48. The molecular weight excluding hydrogens is 662 g/mol. The van der Waals surface area contributed by atoms with E-state index in [2.05, 4.69) is 21.1 Å². The maximum atomic E-state index is 12.8. The van der Waals surface area contributed by atoms with E-state index >= 15 is 0 Å². The second kappa shape index (κ2) is 20.9. The van der Waals surface area contributed by atoms with Gasteiger partial charge in [0.15, 0.2) is 0 Å². The first-order valence-electron chi connectivity index (χ1n) is 18.3. The van der Waals surface area contributed by atoms with E-state index < -0.39 is 23.4 Å². The Morgan fingerprint density at radius 2 is 1.71 bits per heavy atom. The van der Waals surface area contributed by atoms with Crippen LogP contribution in [0.1, 0.15) is 63.4 Å². The highest BCUT2D eigenvalue weighted by molar-refractivity contribution is 5.61. The summed E-state index contributed by atoms with van der Waals surface area (Å²) in [6.07, 6.45) is 4.81. The number of anilines is 1. The van der Waals surface area contributed by atoms with Gasteiger partial charge in [0, 0.05) is 33.4 Å². The summed E-state index contributed by atoms with van der Waals surface area (Å²) in [4.78, 5) is 29.8. The Balaban J connectivity index is 1.17. The molecule has 1 N–H and O–H groups in total. The standard InChI is InChI=1S/C37H53N3O11/c1-44-20-9-18-39-19-23-45-33-17-12-28(24-32(33)39)27-47-34-25-38-26-35(51-37(41)46-21-7-2-3-8-22-48-40(42)43)36(34)50-31-15-13-30(14-16-31)49-29-10-5-4-6-11-29/h4-6,10-12,17,24,30-31,34-36,38H,2-3,7-9,13-16,18-23,25-27H2,1H3. The van der Waals surface area contributed by atoms with Crippen LogP contribution in [0.15, 0.2) is 48.5 Å². The summed E-state index contributed by atoms with van der Waals surface area (Å²) >= 11 is 0. The lowest BCUT2D eigenvalue weighted by Gasteiger charge is -2.40. The maximum Gasteiger partial charge on any atom is 0.508 e. The summed E-state index contributed by atoms with van der Waals surface area (Å²) in [7, 11) is 1.72. The van der Waals surface area contributed by atoms with Crippen molar-refractivity contribution < 1.29 is 47.9 Å². The molecular formula is C37H53N3O11. The number of nitrogens with one attached hydrogen (secondary N) is 1. The van der Waals surface area contributed by atoms with Gasteiger partial charge < -0.3 is 48.2 Å². The predicted molar refractivity (Wildman–Crippen MR) is 188 cm³/mol. The van der Waals surface area contributed by atoms with Crippen molar-refractivity contribution in [1.29, 1.82) is 0 Å². The number of piperidine rings is 1. The second-order valence-electron chi connectivity index (χ2n) is 13.1. The van der Waals surface area contributed by atoms with Gasteiger partial charge in [-0.25, -0.2) is 4.79 Å². The van der Waals surface area contributed by atoms with Crippen molar-refractivity contribution >= 4 is 11.8 Å². The lowest BCUT2D eigenvalue weighted by Crippen LogP contribution is -2.58. The van der Waals surface area contributed by atoms with Crippen LogP contribution >= 0.6 is 0 Å². The number of methoxy groups -OCH3 is 1. The van der Waals surface area contributed by atoms with Crippen LogP contribution in [0, 0.1) is 10.1 Å². The Bertz CT molecular complexity index is 1330. The molecule has 0 aromatic heterocycles. The van der Waals surface area contributed by atoms with Gasteiger partial charge in [-0.05, 0) is 81.2 Å². The Labute approximate surface area is 300 Å². The van der Waals surface area contributed by atoms with E-state index in [1.54, 1.807) is 7.11 Å². The van der Waals surface area contributed by atoms with Crippen LogP contribution in [0.25, 0.3) is 0 Å². The number of hydrogen-bond acceptors (Lipinski definition) is 13. The zero-order valence-electron chi connectivity index (χ0n) is 29.6. The summed E-state index contributed by atoms with van der Waals surface area (Å²) < 4.78 is 41.9. The average molecular weight is 716 g/mol. The lowest BCUT2D eigenvalue weighted by atomic mass is 9.94. The average Bonchev–Trinajstić information content (AvgIpc) is 3.14. The molecule has 2 fully saturated rings. The van der Waals surface area contributed by atoms with Gasteiger partial charge in [0.1, 0.15) is 36.4 Å². The normalized spacial score (nSPS) is 23.1. The Morgan fingerprint density at radius 3 is 2.49 bits per heavy atom. The van der Waals surface area contributed by atoms with E-state index in [0.29, 0.717) is 45.8 Å². The van der Waals surface area contributed by atoms with Crippen molar-refractivity contribution in [3.05, 3.63) is 64.2 Å². The molecule has 1 saturated carbocycles. The number of ether oxygens (including phenoxy) is 7. The van der Waals surface area contributed by atoms with Gasteiger partial charge in [-0.2, -0.15) is 0 Å². The van der Waals surface area contributed by atoms with Crippen LogP contribution in [0.5, 0.6) is 11.5 Å². The SMILES string of the molecule is COCCCN1CCOc2ccc(COC3CNCC(OC(=O)OCCCCCCO[N+](=O)[O-])C3OC3CCC(Oc4ccccc4)CC3)cc21. The van der Waals surface area contributed by atoms with Gasteiger partial charge >= 0.3 is 6.16 Å². The summed E-state index contributed by atoms with van der Waals surface area (Å²) in [5.41, 5.74) is 2.07. The lowest BCUT2D eigenvalue weighted by molar-refractivity contribution is -0.757. The largest absolute Gasteiger partial charge is 0.508 e. The number of carbonyl (C=O) groups is 1. The number of unbranched alkanes of at least 4 members (excludes halogenated alkanes) is 3. The van der Waals surface area contributed by atoms with Crippen molar-refractivity contribution in [2.24, 2.45) is 0 Å². The van der Waals surface area contributed by atoms with E-state index in [-0.39, 0.29) is 31.5 Å². The molecule has 0 spiro atoms. The monoisotopic (exact) mass is 715 g/mol. The smallest absolute Gasteiger partial charge is 0.490 e. The van der Waals surface area contributed by atoms with Crippen molar-refractivity contribution in [2.45, 2.75) is 94.9 Å². The highest BCUT2D eigenvalue weighted by Gasteiger charge is 2.40. The third kappa shape index (κ3) is 12.7. The fourth-order valence-electron chi connectivity index (χ4n) is 6.73. The Morgan fingerprint density at radius 1 is 0.941 bits per heavy atom. The third-order valence-corrected chi connectivity index (χ3v) is 9.37. The zero-order valence-corrected chi connectivity index (χ0v) is 29.6. The molecule has 2 heterocycles. The Hall–Kier alpha value is -3.85. The number of fused-ring (bicyclic) bond motifs is 1. The number of hydrogen-bond donors (Lipinski definition) is 1. The molecule has 3 unspecified atom stereocenters. The zero-order chi connectivity index (χ0) is 35.7. The van der Waals surface area contributed by atoms with E-state index in [9.17, 15) is 14.9 Å². The van der Waals surface area contributed by atoms with Crippen LogP contribution in [-0.2, 0) is 35.1 Å². The van der Waals surface area contributed by atoms with E-state index in [4.69, 9.17) is 33.2 Å². The molecule has 1 aliphatic carbocycles. The molecule has 2 aromatic carbocycles. The van der Waals surface area contributed by atoms with Gasteiger partial charge in [0.2, 0.25) is 0 Å². The first kappa shape index (κ1) is 38.4.